The third-order valence-electron chi connectivity index (χ3n) is 4.67. The molecule has 3 aromatic rings. The number of hydrogen-bond acceptors (Lipinski definition) is 4. The molecule has 0 radical (unpaired) electrons. The van der Waals surface area contributed by atoms with E-state index < -0.39 is 5.91 Å². The Labute approximate surface area is 163 Å². The van der Waals surface area contributed by atoms with Gasteiger partial charge < -0.3 is 19.4 Å². The third kappa shape index (κ3) is 3.71. The number of carbonyl (C=O) groups excluding carboxylic acids is 1. The first-order valence-electron chi connectivity index (χ1n) is 9.16. The van der Waals surface area contributed by atoms with Gasteiger partial charge in [-0.2, -0.15) is 0 Å². The summed E-state index contributed by atoms with van der Waals surface area (Å²) in [6.07, 6.45) is 1.56. The quantitative estimate of drug-likeness (QED) is 0.711. The zero-order valence-electron chi connectivity index (χ0n) is 16.5. The van der Waals surface area contributed by atoms with E-state index in [0.717, 1.165) is 11.1 Å². The van der Waals surface area contributed by atoms with Crippen molar-refractivity contribution in [1.82, 2.24) is 9.88 Å². The maximum absolute atomic E-state index is 13.0. The van der Waals surface area contributed by atoms with E-state index in [9.17, 15) is 9.59 Å². The molecule has 1 amide bonds. The average Bonchev–Trinajstić information content (AvgIpc) is 2.70. The number of pyridine rings is 1. The summed E-state index contributed by atoms with van der Waals surface area (Å²) in [7, 11) is 3.39. The lowest BCUT2D eigenvalue weighted by atomic mass is 10.1. The third-order valence-corrected chi connectivity index (χ3v) is 4.67. The lowest BCUT2D eigenvalue weighted by Crippen LogP contribution is -2.31. The first-order valence-corrected chi connectivity index (χ1v) is 9.16. The van der Waals surface area contributed by atoms with Gasteiger partial charge in [0.2, 0.25) is 5.43 Å². The number of carbonyl (C=O) groups is 1. The predicted molar refractivity (Wildman–Crippen MR) is 109 cm³/mol. The highest BCUT2D eigenvalue weighted by Gasteiger charge is 2.19. The van der Waals surface area contributed by atoms with Crippen LogP contribution in [-0.2, 0) is 7.05 Å². The molecule has 0 aliphatic carbocycles. The largest absolute Gasteiger partial charge is 0.496 e. The molecule has 0 fully saturated rings. The molecule has 6 heteroatoms. The van der Waals surface area contributed by atoms with Crippen LogP contribution < -0.4 is 20.2 Å². The van der Waals surface area contributed by atoms with Crippen molar-refractivity contribution in [1.29, 1.82) is 0 Å². The van der Waals surface area contributed by atoms with Crippen LogP contribution in [0.2, 0.25) is 0 Å². The molecule has 2 aromatic carbocycles. The Morgan fingerprint density at radius 2 is 1.96 bits per heavy atom. The normalized spacial score (nSPS) is 11.9. The second-order valence-electron chi connectivity index (χ2n) is 6.53. The number of aromatic nitrogens is 1. The first-order chi connectivity index (χ1) is 13.5. The minimum atomic E-state index is -0.428. The van der Waals surface area contributed by atoms with Crippen LogP contribution in [0, 0.1) is 0 Å². The van der Waals surface area contributed by atoms with Crippen molar-refractivity contribution in [2.45, 2.75) is 19.9 Å². The predicted octanol–water partition coefficient (Wildman–Crippen LogP) is 3.44. The van der Waals surface area contributed by atoms with E-state index in [1.54, 1.807) is 23.9 Å². The minimum absolute atomic E-state index is 0.0883. The van der Waals surface area contributed by atoms with Crippen molar-refractivity contribution in [3.05, 3.63) is 70.0 Å². The molecule has 1 heterocycles. The SMILES string of the molecule is CCOc1ccc2c(c1)c(=O)c(C(=O)N[C@H](C)c1ccccc1OC)cn2C. The van der Waals surface area contributed by atoms with Gasteiger partial charge in [0.05, 0.1) is 30.7 Å². The molecule has 1 atom stereocenters. The Hall–Kier alpha value is -3.28. The van der Waals surface area contributed by atoms with E-state index in [1.165, 1.54) is 0 Å². The molecule has 1 N–H and O–H groups in total. The molecular formula is C22H24N2O4. The number of ether oxygens (including phenoxy) is 2. The van der Waals surface area contributed by atoms with E-state index in [1.807, 2.05) is 57.3 Å². The summed E-state index contributed by atoms with van der Waals surface area (Å²) in [5.74, 6) is 0.859. The molecular weight excluding hydrogens is 356 g/mol. The van der Waals surface area contributed by atoms with Gasteiger partial charge in [-0.05, 0) is 38.1 Å². The Morgan fingerprint density at radius 1 is 1.21 bits per heavy atom. The Bertz CT molecular complexity index is 1070. The molecule has 6 nitrogen and oxygen atoms in total. The van der Waals surface area contributed by atoms with Crippen LogP contribution in [0.25, 0.3) is 10.9 Å². The van der Waals surface area contributed by atoms with E-state index in [4.69, 9.17) is 9.47 Å². The number of amides is 1. The fourth-order valence-corrected chi connectivity index (χ4v) is 3.27. The number of benzene rings is 2. The van der Waals surface area contributed by atoms with Crippen LogP contribution in [0.4, 0.5) is 0 Å². The summed E-state index contributed by atoms with van der Waals surface area (Å²) >= 11 is 0. The van der Waals surface area contributed by atoms with Crippen LogP contribution in [0.5, 0.6) is 11.5 Å². The van der Waals surface area contributed by atoms with Crippen LogP contribution in [-0.4, -0.2) is 24.2 Å². The number of rotatable bonds is 6. The molecule has 3 rings (SSSR count). The smallest absolute Gasteiger partial charge is 0.257 e. The lowest BCUT2D eigenvalue weighted by molar-refractivity contribution is 0.0938. The van der Waals surface area contributed by atoms with Crippen LogP contribution in [0.15, 0.2) is 53.5 Å². The molecule has 0 bridgehead atoms. The number of nitrogens with zero attached hydrogens (tertiary/aromatic N) is 1. The Kier molecular flexibility index (Phi) is 5.68. The lowest BCUT2D eigenvalue weighted by Gasteiger charge is -2.18. The maximum atomic E-state index is 13.0. The highest BCUT2D eigenvalue weighted by Crippen LogP contribution is 2.24. The summed E-state index contributed by atoms with van der Waals surface area (Å²) in [6, 6.07) is 12.5. The fourth-order valence-electron chi connectivity index (χ4n) is 3.27. The standard InChI is InChI=1S/C22H24N2O4/c1-5-28-15-10-11-19-17(12-15)21(25)18(13-24(19)3)22(26)23-14(2)16-8-6-7-9-20(16)27-4/h6-14H,5H2,1-4H3,(H,23,26)/t14-/m1/s1. The molecule has 0 spiro atoms. The molecule has 1 aromatic heterocycles. The number of hydrogen-bond donors (Lipinski definition) is 1. The summed E-state index contributed by atoms with van der Waals surface area (Å²) < 4.78 is 12.6. The summed E-state index contributed by atoms with van der Waals surface area (Å²) in [5, 5.41) is 3.35. The monoisotopic (exact) mass is 380 g/mol. The minimum Gasteiger partial charge on any atom is -0.496 e. The number of fused-ring (bicyclic) bond motifs is 1. The van der Waals surface area contributed by atoms with Crippen molar-refractivity contribution in [3.63, 3.8) is 0 Å². The summed E-state index contributed by atoms with van der Waals surface area (Å²) in [6.45, 7) is 4.24. The molecule has 0 saturated heterocycles. The van der Waals surface area contributed by atoms with Gasteiger partial charge in [0.25, 0.3) is 5.91 Å². The number of nitrogens with one attached hydrogen (secondary N) is 1. The molecule has 0 saturated carbocycles. The van der Waals surface area contributed by atoms with Crippen molar-refractivity contribution < 1.29 is 14.3 Å². The van der Waals surface area contributed by atoms with Crippen LogP contribution in [0.1, 0.15) is 35.8 Å². The van der Waals surface area contributed by atoms with Crippen molar-refractivity contribution in [2.24, 2.45) is 7.05 Å². The highest BCUT2D eigenvalue weighted by atomic mass is 16.5. The van der Waals surface area contributed by atoms with Gasteiger partial charge in [-0.3, -0.25) is 9.59 Å². The van der Waals surface area contributed by atoms with Gasteiger partial charge in [-0.25, -0.2) is 0 Å². The van der Waals surface area contributed by atoms with Gasteiger partial charge in [0.15, 0.2) is 0 Å². The fraction of sp³-hybridized carbons (Fsp3) is 0.273. The van der Waals surface area contributed by atoms with Gasteiger partial charge in [-0.15, -0.1) is 0 Å². The van der Waals surface area contributed by atoms with Crippen LogP contribution >= 0.6 is 0 Å². The molecule has 28 heavy (non-hydrogen) atoms. The van der Waals surface area contributed by atoms with E-state index in [0.29, 0.717) is 23.5 Å². The zero-order chi connectivity index (χ0) is 20.3. The highest BCUT2D eigenvalue weighted by molar-refractivity contribution is 5.97. The van der Waals surface area contributed by atoms with Crippen molar-refractivity contribution in [2.75, 3.05) is 13.7 Å². The van der Waals surface area contributed by atoms with Gasteiger partial charge in [-0.1, -0.05) is 18.2 Å². The maximum Gasteiger partial charge on any atom is 0.257 e. The van der Waals surface area contributed by atoms with E-state index >= 15 is 0 Å². The van der Waals surface area contributed by atoms with Gasteiger partial charge in [0.1, 0.15) is 17.1 Å². The average molecular weight is 380 g/mol. The number of aryl methyl sites for hydroxylation is 1. The summed E-state index contributed by atoms with van der Waals surface area (Å²) in [5.41, 5.74) is 1.35. The van der Waals surface area contributed by atoms with E-state index in [2.05, 4.69) is 5.32 Å². The van der Waals surface area contributed by atoms with Crippen molar-refractivity contribution in [3.8, 4) is 11.5 Å². The van der Waals surface area contributed by atoms with Crippen LogP contribution in [0.3, 0.4) is 0 Å². The molecule has 0 aliphatic rings. The van der Waals surface area contributed by atoms with Crippen molar-refractivity contribution >= 4 is 16.8 Å². The number of methoxy groups -OCH3 is 1. The van der Waals surface area contributed by atoms with E-state index in [-0.39, 0.29) is 17.0 Å². The second-order valence-corrected chi connectivity index (χ2v) is 6.53. The molecule has 146 valence electrons. The topological polar surface area (TPSA) is 69.6 Å². The zero-order valence-corrected chi connectivity index (χ0v) is 16.5. The second kappa shape index (κ2) is 8.17. The molecule has 0 unspecified atom stereocenters. The Morgan fingerprint density at radius 3 is 2.68 bits per heavy atom. The first kappa shape index (κ1) is 19.5. The summed E-state index contributed by atoms with van der Waals surface area (Å²) in [4.78, 5) is 25.8. The van der Waals surface area contributed by atoms with Gasteiger partial charge >= 0.3 is 0 Å². The van der Waals surface area contributed by atoms with Gasteiger partial charge in [0, 0.05) is 18.8 Å². The number of para-hydroxylation sites is 1. The molecule has 0 aliphatic heterocycles. The Balaban J connectivity index is 1.97.